The first kappa shape index (κ1) is 17.3. The number of thioether (sulfide) groups is 1. The number of aromatic nitrogens is 1. The molecule has 1 rings (SSSR count). The monoisotopic (exact) mass is 313 g/mol. The second kappa shape index (κ2) is 6.82. The Morgan fingerprint density at radius 2 is 2.00 bits per heavy atom. The van der Waals surface area contributed by atoms with Crippen molar-refractivity contribution in [3.8, 4) is 0 Å². The van der Waals surface area contributed by atoms with E-state index in [1.54, 1.807) is 11.8 Å². The molecule has 1 aromatic heterocycles. The first-order valence-corrected chi connectivity index (χ1v) is 11.0. The van der Waals surface area contributed by atoms with E-state index in [9.17, 15) is 0 Å². The minimum atomic E-state index is -1.66. The van der Waals surface area contributed by atoms with E-state index in [1.807, 2.05) is 18.4 Å². The molecule has 0 atom stereocenters. The van der Waals surface area contributed by atoms with E-state index in [0.717, 1.165) is 17.3 Å². The second-order valence-electron chi connectivity index (χ2n) is 6.35. The molecule has 20 heavy (non-hydrogen) atoms. The number of nitrogens with two attached hydrogens (primary N) is 1. The van der Waals surface area contributed by atoms with Gasteiger partial charge in [-0.15, -0.1) is 11.8 Å². The van der Waals surface area contributed by atoms with E-state index in [-0.39, 0.29) is 5.04 Å². The van der Waals surface area contributed by atoms with Crippen LogP contribution in [0.15, 0.2) is 17.0 Å². The van der Waals surface area contributed by atoms with Crippen molar-refractivity contribution in [1.82, 2.24) is 4.98 Å². The first-order chi connectivity index (χ1) is 9.15. The van der Waals surface area contributed by atoms with Crippen LogP contribution in [0.4, 0.5) is 11.6 Å². The zero-order chi connectivity index (χ0) is 15.4. The molecule has 1 aromatic rings. The Hall–Kier alpha value is -0.723. The maximum absolute atomic E-state index is 6.11. The van der Waals surface area contributed by atoms with Gasteiger partial charge in [-0.3, -0.25) is 0 Å². The fourth-order valence-electron chi connectivity index (χ4n) is 1.44. The number of nitrogens with zero attached hydrogens (tertiary/aromatic N) is 1. The normalized spacial score (nSPS) is 12.5. The summed E-state index contributed by atoms with van der Waals surface area (Å²) in [7, 11) is -1.66. The van der Waals surface area contributed by atoms with Gasteiger partial charge in [0.25, 0.3) is 0 Å². The van der Waals surface area contributed by atoms with E-state index in [1.165, 1.54) is 0 Å². The number of pyridine rings is 1. The lowest BCUT2D eigenvalue weighted by Gasteiger charge is -2.36. The Morgan fingerprint density at radius 1 is 1.35 bits per heavy atom. The van der Waals surface area contributed by atoms with Gasteiger partial charge in [0.1, 0.15) is 11.6 Å². The van der Waals surface area contributed by atoms with Gasteiger partial charge in [-0.2, -0.15) is 0 Å². The van der Waals surface area contributed by atoms with Gasteiger partial charge >= 0.3 is 0 Å². The number of hydrogen-bond donors (Lipinski definition) is 2. The van der Waals surface area contributed by atoms with E-state index >= 15 is 0 Å². The lowest BCUT2D eigenvalue weighted by molar-refractivity contribution is 0.301. The van der Waals surface area contributed by atoms with Crippen LogP contribution in [-0.4, -0.2) is 32.7 Å². The molecule has 114 valence electrons. The molecule has 0 saturated carbocycles. The second-order valence-corrected chi connectivity index (χ2v) is 12.0. The zero-order valence-electron chi connectivity index (χ0n) is 13.4. The Balaban J connectivity index is 2.48. The predicted octanol–water partition coefficient (Wildman–Crippen LogP) is 3.82. The highest BCUT2D eigenvalue weighted by Gasteiger charge is 2.36. The van der Waals surface area contributed by atoms with Crippen LogP contribution in [0.1, 0.15) is 20.8 Å². The third-order valence-corrected chi connectivity index (χ3v) is 8.98. The fraction of sp³-hybridized carbons (Fsp3) is 0.643. The van der Waals surface area contributed by atoms with E-state index < -0.39 is 8.32 Å². The van der Waals surface area contributed by atoms with Gasteiger partial charge in [-0.1, -0.05) is 20.8 Å². The smallest absolute Gasteiger partial charge is 0.192 e. The molecule has 0 aliphatic carbocycles. The number of anilines is 2. The summed E-state index contributed by atoms with van der Waals surface area (Å²) in [5, 5.41) is 3.52. The van der Waals surface area contributed by atoms with Crippen molar-refractivity contribution in [2.75, 3.05) is 30.5 Å². The summed E-state index contributed by atoms with van der Waals surface area (Å²) < 4.78 is 6.11. The Bertz CT molecular complexity index is 447. The van der Waals surface area contributed by atoms with Gasteiger partial charge in [-0.05, 0) is 36.5 Å². The number of nitrogen functional groups attached to an aromatic ring is 1. The molecule has 4 nitrogen and oxygen atoms in total. The Kier molecular flexibility index (Phi) is 5.91. The summed E-state index contributed by atoms with van der Waals surface area (Å²) in [6.45, 7) is 12.7. The molecule has 0 fully saturated rings. The molecule has 0 radical (unpaired) electrons. The summed E-state index contributed by atoms with van der Waals surface area (Å²) in [5.41, 5.74) is 5.78. The lowest BCUT2D eigenvalue weighted by Crippen LogP contribution is -2.41. The average molecular weight is 314 g/mol. The van der Waals surface area contributed by atoms with Crippen LogP contribution in [0.3, 0.4) is 0 Å². The van der Waals surface area contributed by atoms with Gasteiger partial charge in [0, 0.05) is 11.4 Å². The maximum atomic E-state index is 6.11. The molecule has 3 N–H and O–H groups in total. The zero-order valence-corrected chi connectivity index (χ0v) is 15.2. The molecular formula is C14H27N3OSSi. The van der Waals surface area contributed by atoms with Crippen LogP contribution in [0.2, 0.25) is 18.1 Å². The van der Waals surface area contributed by atoms with E-state index in [4.69, 9.17) is 10.2 Å². The highest BCUT2D eigenvalue weighted by atomic mass is 32.2. The minimum Gasteiger partial charge on any atom is -0.415 e. The standard InChI is InChI=1S/C14H27N3OSSi/c1-14(2,3)20(5,6)18-8-7-16-13-10-11(19-4)9-12(15)17-13/h9-10H,7-8H2,1-6H3,(H3,15,16,17). The summed E-state index contributed by atoms with van der Waals surface area (Å²) in [4.78, 5) is 5.39. The average Bonchev–Trinajstić information content (AvgIpc) is 2.32. The van der Waals surface area contributed by atoms with Crippen molar-refractivity contribution in [2.45, 2.75) is 43.8 Å². The van der Waals surface area contributed by atoms with Crippen molar-refractivity contribution in [2.24, 2.45) is 0 Å². The molecule has 1 heterocycles. The van der Waals surface area contributed by atoms with Crippen LogP contribution >= 0.6 is 11.8 Å². The van der Waals surface area contributed by atoms with Crippen LogP contribution in [0.5, 0.6) is 0 Å². The van der Waals surface area contributed by atoms with Crippen molar-refractivity contribution in [3.63, 3.8) is 0 Å². The highest BCUT2D eigenvalue weighted by Crippen LogP contribution is 2.36. The van der Waals surface area contributed by atoms with Crippen LogP contribution in [-0.2, 0) is 4.43 Å². The van der Waals surface area contributed by atoms with Gasteiger partial charge < -0.3 is 15.5 Å². The van der Waals surface area contributed by atoms with E-state index in [2.05, 4.69) is 44.2 Å². The molecule has 0 aromatic carbocycles. The minimum absolute atomic E-state index is 0.244. The summed E-state index contributed by atoms with van der Waals surface area (Å²) in [6, 6.07) is 3.88. The largest absolute Gasteiger partial charge is 0.415 e. The van der Waals surface area contributed by atoms with Crippen LogP contribution in [0, 0.1) is 0 Å². The van der Waals surface area contributed by atoms with Crippen molar-refractivity contribution < 1.29 is 4.43 Å². The summed E-state index contributed by atoms with van der Waals surface area (Å²) >= 11 is 1.66. The van der Waals surface area contributed by atoms with Crippen molar-refractivity contribution in [3.05, 3.63) is 12.1 Å². The topological polar surface area (TPSA) is 60.2 Å². The van der Waals surface area contributed by atoms with Crippen molar-refractivity contribution >= 4 is 31.7 Å². The van der Waals surface area contributed by atoms with Gasteiger partial charge in [-0.25, -0.2) is 4.98 Å². The molecule has 0 aliphatic rings. The SMILES string of the molecule is CSc1cc(N)nc(NCCO[Si](C)(C)C(C)(C)C)c1. The Labute approximate surface area is 128 Å². The van der Waals surface area contributed by atoms with Gasteiger partial charge in [0.15, 0.2) is 8.32 Å². The lowest BCUT2D eigenvalue weighted by atomic mass is 10.2. The molecule has 0 aliphatic heterocycles. The number of rotatable bonds is 6. The molecule has 0 bridgehead atoms. The first-order valence-electron chi connectivity index (χ1n) is 6.85. The van der Waals surface area contributed by atoms with Crippen LogP contribution in [0.25, 0.3) is 0 Å². The molecular weight excluding hydrogens is 286 g/mol. The van der Waals surface area contributed by atoms with Gasteiger partial charge in [0.05, 0.1) is 6.61 Å². The number of hydrogen-bond acceptors (Lipinski definition) is 5. The molecule has 0 spiro atoms. The maximum Gasteiger partial charge on any atom is 0.192 e. The quantitative estimate of drug-likeness (QED) is 0.475. The molecule has 6 heteroatoms. The van der Waals surface area contributed by atoms with Crippen LogP contribution < -0.4 is 11.1 Å². The summed E-state index contributed by atoms with van der Waals surface area (Å²) in [5.74, 6) is 1.36. The predicted molar refractivity (Wildman–Crippen MR) is 92.1 cm³/mol. The molecule has 0 unspecified atom stereocenters. The summed E-state index contributed by atoms with van der Waals surface area (Å²) in [6.07, 6.45) is 2.03. The molecule has 0 saturated heterocycles. The third kappa shape index (κ3) is 4.99. The van der Waals surface area contributed by atoms with E-state index in [0.29, 0.717) is 12.4 Å². The fourth-order valence-corrected chi connectivity index (χ4v) is 2.95. The molecule has 0 amide bonds. The highest BCUT2D eigenvalue weighted by molar-refractivity contribution is 7.98. The van der Waals surface area contributed by atoms with Gasteiger partial charge in [0.2, 0.25) is 0 Å². The Morgan fingerprint density at radius 3 is 2.55 bits per heavy atom. The number of nitrogens with one attached hydrogen (secondary N) is 1. The van der Waals surface area contributed by atoms with Crippen molar-refractivity contribution in [1.29, 1.82) is 0 Å². The third-order valence-electron chi connectivity index (χ3n) is 3.73.